The fourth-order valence-corrected chi connectivity index (χ4v) is 4.27. The minimum Gasteiger partial charge on any atom is -0.504 e. The molecule has 2 aromatic rings. The third-order valence-corrected chi connectivity index (χ3v) is 5.64. The zero-order valence-electron chi connectivity index (χ0n) is 18.1. The molecule has 2 unspecified atom stereocenters. The fraction of sp³-hybridized carbons (Fsp3) is 0.435. The predicted octanol–water partition coefficient (Wildman–Crippen LogP) is 3.40. The average Bonchev–Trinajstić information content (AvgIpc) is 2.92. The minimum atomic E-state index is -0.0927. The summed E-state index contributed by atoms with van der Waals surface area (Å²) in [5, 5.41) is 13.8. The molecular formula is C23H29NO6. The van der Waals surface area contributed by atoms with E-state index in [4.69, 9.17) is 18.9 Å². The molecule has 1 aliphatic carbocycles. The Bertz CT molecular complexity index is 901. The Balaban J connectivity index is 2.17. The number of ether oxygens (including phenoxy) is 4. The van der Waals surface area contributed by atoms with Crippen LogP contribution in [0.3, 0.4) is 0 Å². The lowest BCUT2D eigenvalue weighted by Crippen LogP contribution is -2.34. The van der Waals surface area contributed by atoms with Crippen molar-refractivity contribution in [2.75, 3.05) is 28.4 Å². The van der Waals surface area contributed by atoms with Gasteiger partial charge in [0.1, 0.15) is 0 Å². The van der Waals surface area contributed by atoms with Crippen molar-refractivity contribution in [1.82, 2.24) is 5.32 Å². The van der Waals surface area contributed by atoms with Crippen LogP contribution < -0.4 is 24.3 Å². The lowest BCUT2D eigenvalue weighted by Gasteiger charge is -2.24. The van der Waals surface area contributed by atoms with Crippen molar-refractivity contribution in [3.63, 3.8) is 0 Å². The topological polar surface area (TPSA) is 86.3 Å². The maximum absolute atomic E-state index is 11.8. The molecule has 0 saturated heterocycles. The second-order valence-electron chi connectivity index (χ2n) is 7.37. The summed E-state index contributed by atoms with van der Waals surface area (Å²) >= 11 is 0. The SMILES string of the molecule is COc1ccc2c(c1O)CCC(NC(C)=O)CC2c1cc(OC)c(OC)c(OC)c1. The molecule has 0 heterocycles. The van der Waals surface area contributed by atoms with Gasteiger partial charge in [-0.25, -0.2) is 0 Å². The summed E-state index contributed by atoms with van der Waals surface area (Å²) in [5.74, 6) is 2.07. The van der Waals surface area contributed by atoms with Crippen molar-refractivity contribution in [1.29, 1.82) is 0 Å². The van der Waals surface area contributed by atoms with Crippen molar-refractivity contribution in [3.8, 4) is 28.7 Å². The molecular weight excluding hydrogens is 386 g/mol. The molecule has 2 N–H and O–H groups in total. The van der Waals surface area contributed by atoms with Gasteiger partial charge in [-0.3, -0.25) is 4.79 Å². The van der Waals surface area contributed by atoms with Gasteiger partial charge in [-0.15, -0.1) is 0 Å². The molecule has 0 aromatic heterocycles. The Kier molecular flexibility index (Phi) is 6.59. The fourth-order valence-electron chi connectivity index (χ4n) is 4.27. The van der Waals surface area contributed by atoms with E-state index in [1.165, 1.54) is 14.0 Å². The molecule has 1 aliphatic rings. The van der Waals surface area contributed by atoms with Gasteiger partial charge in [0.25, 0.3) is 0 Å². The number of amides is 1. The van der Waals surface area contributed by atoms with Crippen LogP contribution in [0.15, 0.2) is 24.3 Å². The van der Waals surface area contributed by atoms with Gasteiger partial charge >= 0.3 is 0 Å². The highest BCUT2D eigenvalue weighted by Crippen LogP contribution is 2.46. The van der Waals surface area contributed by atoms with E-state index in [2.05, 4.69) is 5.32 Å². The third kappa shape index (κ3) is 4.10. The molecule has 0 bridgehead atoms. The van der Waals surface area contributed by atoms with Crippen LogP contribution in [0.5, 0.6) is 28.7 Å². The van der Waals surface area contributed by atoms with E-state index in [0.29, 0.717) is 42.3 Å². The van der Waals surface area contributed by atoms with Crippen molar-refractivity contribution in [2.24, 2.45) is 0 Å². The number of phenols is 1. The second kappa shape index (κ2) is 9.15. The number of nitrogens with one attached hydrogen (secondary N) is 1. The van der Waals surface area contributed by atoms with Crippen molar-refractivity contribution >= 4 is 5.91 Å². The van der Waals surface area contributed by atoms with E-state index >= 15 is 0 Å². The smallest absolute Gasteiger partial charge is 0.217 e. The third-order valence-electron chi connectivity index (χ3n) is 5.64. The number of carbonyl (C=O) groups is 1. The van der Waals surface area contributed by atoms with Gasteiger partial charge < -0.3 is 29.4 Å². The Labute approximate surface area is 176 Å². The van der Waals surface area contributed by atoms with Gasteiger partial charge in [-0.1, -0.05) is 6.07 Å². The zero-order valence-corrected chi connectivity index (χ0v) is 18.1. The molecule has 7 nitrogen and oxygen atoms in total. The highest BCUT2D eigenvalue weighted by atomic mass is 16.5. The van der Waals surface area contributed by atoms with E-state index in [9.17, 15) is 9.90 Å². The Hall–Kier alpha value is -3.09. The minimum absolute atomic E-state index is 0.0376. The summed E-state index contributed by atoms with van der Waals surface area (Å²) < 4.78 is 21.8. The van der Waals surface area contributed by atoms with Crippen molar-refractivity contribution < 1.29 is 28.8 Å². The van der Waals surface area contributed by atoms with Crippen molar-refractivity contribution in [3.05, 3.63) is 41.0 Å². The monoisotopic (exact) mass is 415 g/mol. The van der Waals surface area contributed by atoms with Crippen LogP contribution in [0.2, 0.25) is 0 Å². The molecule has 0 fully saturated rings. The Morgan fingerprint density at radius 3 is 2.17 bits per heavy atom. The second-order valence-corrected chi connectivity index (χ2v) is 7.37. The average molecular weight is 415 g/mol. The highest BCUT2D eigenvalue weighted by molar-refractivity contribution is 5.73. The summed E-state index contributed by atoms with van der Waals surface area (Å²) in [7, 11) is 6.27. The van der Waals surface area contributed by atoms with E-state index in [-0.39, 0.29) is 23.6 Å². The zero-order chi connectivity index (χ0) is 21.8. The van der Waals surface area contributed by atoms with Crippen LogP contribution in [-0.2, 0) is 11.2 Å². The number of carbonyl (C=O) groups excluding carboxylic acids is 1. The summed E-state index contributed by atoms with van der Waals surface area (Å²) in [4.78, 5) is 11.8. The standard InChI is InChI=1S/C23H29NO6/c1-13(25)24-15-6-7-17-16(8-9-19(27-2)22(17)26)18(12-15)14-10-20(28-3)23(30-5)21(11-14)29-4/h8-11,15,18,26H,6-7,12H2,1-5H3,(H,24,25). The molecule has 2 aromatic carbocycles. The number of benzene rings is 2. The normalized spacial score (nSPS) is 18.0. The summed E-state index contributed by atoms with van der Waals surface area (Å²) in [6.45, 7) is 1.52. The first-order valence-corrected chi connectivity index (χ1v) is 9.89. The largest absolute Gasteiger partial charge is 0.504 e. The molecule has 1 amide bonds. The number of hydrogen-bond donors (Lipinski definition) is 2. The molecule has 162 valence electrons. The van der Waals surface area contributed by atoms with Gasteiger partial charge in [0.15, 0.2) is 23.0 Å². The number of methoxy groups -OCH3 is 4. The van der Waals surface area contributed by atoms with Gasteiger partial charge in [0.05, 0.1) is 28.4 Å². The molecule has 7 heteroatoms. The van der Waals surface area contributed by atoms with Crippen LogP contribution >= 0.6 is 0 Å². The quantitative estimate of drug-likeness (QED) is 0.704. The number of phenolic OH excluding ortho intramolecular Hbond substituents is 1. The first kappa shape index (κ1) is 21.6. The molecule has 3 rings (SSSR count). The molecule has 30 heavy (non-hydrogen) atoms. The van der Waals surface area contributed by atoms with Gasteiger partial charge in [0, 0.05) is 24.4 Å². The first-order valence-electron chi connectivity index (χ1n) is 9.89. The number of rotatable bonds is 6. The molecule has 0 saturated carbocycles. The predicted molar refractivity (Wildman–Crippen MR) is 113 cm³/mol. The van der Waals surface area contributed by atoms with Crippen LogP contribution in [0.1, 0.15) is 42.4 Å². The molecule has 0 aliphatic heterocycles. The van der Waals surface area contributed by atoms with Crippen LogP contribution in [0, 0.1) is 0 Å². The van der Waals surface area contributed by atoms with Crippen LogP contribution in [-0.4, -0.2) is 45.5 Å². The Morgan fingerprint density at radius 1 is 1.00 bits per heavy atom. The highest BCUT2D eigenvalue weighted by Gasteiger charge is 2.30. The molecule has 2 atom stereocenters. The van der Waals surface area contributed by atoms with E-state index in [1.807, 2.05) is 18.2 Å². The number of fused-ring (bicyclic) bond motifs is 1. The lowest BCUT2D eigenvalue weighted by molar-refractivity contribution is -0.119. The molecule has 0 spiro atoms. The van der Waals surface area contributed by atoms with Gasteiger partial charge in [-0.2, -0.15) is 0 Å². The van der Waals surface area contributed by atoms with E-state index in [0.717, 1.165) is 16.7 Å². The van der Waals surface area contributed by atoms with E-state index in [1.54, 1.807) is 27.4 Å². The van der Waals surface area contributed by atoms with Gasteiger partial charge in [0.2, 0.25) is 11.7 Å². The Morgan fingerprint density at radius 2 is 1.63 bits per heavy atom. The maximum Gasteiger partial charge on any atom is 0.217 e. The maximum atomic E-state index is 11.8. The first-order chi connectivity index (χ1) is 14.4. The van der Waals surface area contributed by atoms with Crippen LogP contribution in [0.4, 0.5) is 0 Å². The summed E-state index contributed by atoms with van der Waals surface area (Å²) in [6.07, 6.45) is 2.02. The van der Waals surface area contributed by atoms with Gasteiger partial charge in [-0.05, 0) is 48.6 Å². The van der Waals surface area contributed by atoms with Crippen molar-refractivity contribution in [2.45, 2.75) is 38.1 Å². The summed E-state index contributed by atoms with van der Waals surface area (Å²) in [5.41, 5.74) is 2.78. The van der Waals surface area contributed by atoms with E-state index < -0.39 is 0 Å². The lowest BCUT2D eigenvalue weighted by atomic mass is 9.85. The number of hydrogen-bond acceptors (Lipinski definition) is 6. The number of aromatic hydroxyl groups is 1. The molecule has 0 radical (unpaired) electrons. The summed E-state index contributed by atoms with van der Waals surface area (Å²) in [6, 6.07) is 7.57. The van der Waals surface area contributed by atoms with Crippen LogP contribution in [0.25, 0.3) is 0 Å².